The fourth-order valence-electron chi connectivity index (χ4n) is 1.02. The van der Waals surface area contributed by atoms with Gasteiger partial charge in [0.1, 0.15) is 5.75 Å². The second-order valence-corrected chi connectivity index (χ2v) is 3.10. The van der Waals surface area contributed by atoms with Crippen LogP contribution in [0.5, 0.6) is 11.8 Å². The lowest BCUT2D eigenvalue weighted by Crippen LogP contribution is -2.12. The summed E-state index contributed by atoms with van der Waals surface area (Å²) in [7, 11) is 0. The second-order valence-electron chi connectivity index (χ2n) is 2.72. The van der Waals surface area contributed by atoms with Gasteiger partial charge in [0.2, 0.25) is 4.77 Å². The van der Waals surface area contributed by atoms with Crippen molar-refractivity contribution in [2.75, 3.05) is 0 Å². The number of hydrogen-bond acceptors (Lipinski definition) is 4. The van der Waals surface area contributed by atoms with E-state index < -0.39 is 5.69 Å². The lowest BCUT2D eigenvalue weighted by Gasteiger charge is -2.02. The highest BCUT2D eigenvalue weighted by Gasteiger charge is 1.98. The van der Waals surface area contributed by atoms with Crippen molar-refractivity contribution < 1.29 is 4.74 Å². The van der Waals surface area contributed by atoms with Gasteiger partial charge in [-0.05, 0) is 24.4 Å². The summed E-state index contributed by atoms with van der Waals surface area (Å²) < 4.78 is 5.37. The first kappa shape index (κ1) is 9.60. The van der Waals surface area contributed by atoms with Crippen LogP contribution in [0.25, 0.3) is 0 Å². The Morgan fingerprint density at radius 1 is 1.20 bits per heavy atom. The number of H-pyrrole nitrogens is 2. The van der Waals surface area contributed by atoms with Crippen LogP contribution < -0.4 is 10.4 Å². The maximum atomic E-state index is 11.0. The first-order chi connectivity index (χ1) is 7.24. The van der Waals surface area contributed by atoms with Crippen LogP contribution in [0, 0.1) is 4.77 Å². The van der Waals surface area contributed by atoms with Crippen LogP contribution in [0.15, 0.2) is 35.1 Å². The highest BCUT2D eigenvalue weighted by Crippen LogP contribution is 2.14. The van der Waals surface area contributed by atoms with E-state index in [4.69, 9.17) is 17.0 Å². The summed E-state index contributed by atoms with van der Waals surface area (Å²) in [6.07, 6.45) is 0. The van der Waals surface area contributed by atoms with Gasteiger partial charge >= 0.3 is 11.7 Å². The number of ether oxygens (including phenoxy) is 1. The van der Waals surface area contributed by atoms with E-state index in [-0.39, 0.29) is 10.8 Å². The van der Waals surface area contributed by atoms with Gasteiger partial charge in [-0.25, -0.2) is 4.79 Å². The molecule has 0 saturated heterocycles. The van der Waals surface area contributed by atoms with E-state index in [2.05, 4.69) is 15.0 Å². The molecule has 0 spiro atoms. The van der Waals surface area contributed by atoms with Gasteiger partial charge in [0.15, 0.2) is 0 Å². The van der Waals surface area contributed by atoms with Crippen molar-refractivity contribution in [2.45, 2.75) is 0 Å². The number of hydrogen-bond donors (Lipinski definition) is 2. The standard InChI is InChI=1S/C9H7N3O2S/c13-7-10-8(12-9(15)11-7)14-6-4-2-1-3-5-6/h1-5H,(H2,10,11,12,13,15). The maximum Gasteiger partial charge on any atom is 0.329 e. The van der Waals surface area contributed by atoms with Gasteiger partial charge < -0.3 is 4.74 Å². The van der Waals surface area contributed by atoms with Gasteiger partial charge in [0.05, 0.1) is 0 Å². The van der Waals surface area contributed by atoms with E-state index in [1.807, 2.05) is 18.2 Å². The molecule has 0 radical (unpaired) electrons. The lowest BCUT2D eigenvalue weighted by molar-refractivity contribution is 0.435. The van der Waals surface area contributed by atoms with E-state index in [0.29, 0.717) is 5.75 Å². The van der Waals surface area contributed by atoms with Crippen molar-refractivity contribution in [2.24, 2.45) is 0 Å². The van der Waals surface area contributed by atoms with Gasteiger partial charge in [0, 0.05) is 0 Å². The third-order valence-corrected chi connectivity index (χ3v) is 1.80. The van der Waals surface area contributed by atoms with Crippen LogP contribution in [0.2, 0.25) is 0 Å². The number of nitrogens with zero attached hydrogens (tertiary/aromatic N) is 1. The van der Waals surface area contributed by atoms with E-state index in [9.17, 15) is 4.79 Å². The van der Waals surface area contributed by atoms with Gasteiger partial charge in [-0.3, -0.25) is 9.97 Å². The summed E-state index contributed by atoms with van der Waals surface area (Å²) in [6, 6.07) is 9.07. The van der Waals surface area contributed by atoms with Crippen molar-refractivity contribution in [3.8, 4) is 11.8 Å². The Bertz CT molecular complexity index is 533. The predicted octanol–water partition coefficient (Wildman–Crippen LogP) is 1.62. The summed E-state index contributed by atoms with van der Waals surface area (Å²) in [6.45, 7) is 0. The van der Waals surface area contributed by atoms with Gasteiger partial charge in [-0.2, -0.15) is 4.98 Å². The molecule has 1 aromatic carbocycles. The largest absolute Gasteiger partial charge is 0.425 e. The quantitative estimate of drug-likeness (QED) is 0.756. The fourth-order valence-corrected chi connectivity index (χ4v) is 1.20. The molecule has 15 heavy (non-hydrogen) atoms. The van der Waals surface area contributed by atoms with Crippen molar-refractivity contribution in [3.63, 3.8) is 0 Å². The zero-order valence-electron chi connectivity index (χ0n) is 7.56. The van der Waals surface area contributed by atoms with Crippen molar-refractivity contribution in [1.82, 2.24) is 15.0 Å². The topological polar surface area (TPSA) is 70.8 Å². The number of aromatic amines is 2. The molecule has 76 valence electrons. The molecule has 0 aliphatic heterocycles. The first-order valence-electron chi connectivity index (χ1n) is 4.17. The Balaban J connectivity index is 2.33. The van der Waals surface area contributed by atoms with E-state index in [0.717, 1.165) is 0 Å². The fraction of sp³-hybridized carbons (Fsp3) is 0. The normalized spacial score (nSPS) is 9.87. The molecule has 6 heteroatoms. The summed E-state index contributed by atoms with van der Waals surface area (Å²) in [5.74, 6) is 0.584. The van der Waals surface area contributed by atoms with Crippen LogP contribution in [-0.2, 0) is 0 Å². The lowest BCUT2D eigenvalue weighted by atomic mass is 10.3. The summed E-state index contributed by atoms with van der Waals surface area (Å²) in [5, 5.41) is 0. The minimum Gasteiger partial charge on any atom is -0.425 e. The molecule has 0 atom stereocenters. The summed E-state index contributed by atoms with van der Waals surface area (Å²) in [4.78, 5) is 19.5. The number of aromatic nitrogens is 3. The molecular formula is C9H7N3O2S. The SMILES string of the molecule is O=c1[nH]c(Oc2ccccc2)nc(=S)[nH]1. The Morgan fingerprint density at radius 2 is 1.93 bits per heavy atom. The Labute approximate surface area is 89.8 Å². The highest BCUT2D eigenvalue weighted by molar-refractivity contribution is 7.71. The smallest absolute Gasteiger partial charge is 0.329 e. The molecule has 0 aliphatic carbocycles. The third kappa shape index (κ3) is 2.50. The minimum atomic E-state index is -0.444. The maximum absolute atomic E-state index is 11.0. The molecule has 0 amide bonds. The van der Waals surface area contributed by atoms with Crippen molar-refractivity contribution in [1.29, 1.82) is 0 Å². The number of rotatable bonds is 2. The monoisotopic (exact) mass is 221 g/mol. The summed E-state index contributed by atoms with van der Waals surface area (Å²) in [5.41, 5.74) is -0.444. The minimum absolute atomic E-state index is 0.0787. The average Bonchev–Trinajstić information content (AvgIpc) is 2.17. The zero-order valence-corrected chi connectivity index (χ0v) is 8.38. The molecule has 2 N–H and O–H groups in total. The molecule has 0 fully saturated rings. The molecule has 2 rings (SSSR count). The predicted molar refractivity (Wildman–Crippen MR) is 56.6 cm³/mol. The molecule has 5 nitrogen and oxygen atoms in total. The second kappa shape index (κ2) is 4.05. The van der Waals surface area contributed by atoms with Crippen LogP contribution in [0.1, 0.15) is 0 Å². The first-order valence-corrected chi connectivity index (χ1v) is 4.58. The van der Waals surface area contributed by atoms with Crippen molar-refractivity contribution in [3.05, 3.63) is 45.6 Å². The van der Waals surface area contributed by atoms with Crippen LogP contribution >= 0.6 is 12.2 Å². The van der Waals surface area contributed by atoms with E-state index >= 15 is 0 Å². The molecule has 0 aliphatic rings. The van der Waals surface area contributed by atoms with Crippen LogP contribution in [-0.4, -0.2) is 15.0 Å². The molecule has 0 unspecified atom stereocenters. The van der Waals surface area contributed by atoms with Crippen LogP contribution in [0.3, 0.4) is 0 Å². The molecular weight excluding hydrogens is 214 g/mol. The van der Waals surface area contributed by atoms with Crippen molar-refractivity contribution >= 4 is 12.2 Å². The molecule has 0 bridgehead atoms. The zero-order chi connectivity index (χ0) is 10.7. The molecule has 1 aromatic heterocycles. The average molecular weight is 221 g/mol. The third-order valence-electron chi connectivity index (χ3n) is 1.60. The van der Waals surface area contributed by atoms with E-state index in [1.165, 1.54) is 0 Å². The Hall–Kier alpha value is -1.95. The molecule has 2 aromatic rings. The summed E-state index contributed by atoms with van der Waals surface area (Å²) >= 11 is 4.74. The number of nitrogens with one attached hydrogen (secondary N) is 2. The van der Waals surface area contributed by atoms with Gasteiger partial charge in [-0.1, -0.05) is 18.2 Å². The number of benzene rings is 1. The molecule has 1 heterocycles. The van der Waals surface area contributed by atoms with Gasteiger partial charge in [-0.15, -0.1) is 0 Å². The Morgan fingerprint density at radius 3 is 2.60 bits per heavy atom. The Kier molecular flexibility index (Phi) is 2.59. The van der Waals surface area contributed by atoms with Gasteiger partial charge in [0.25, 0.3) is 0 Å². The van der Waals surface area contributed by atoms with E-state index in [1.54, 1.807) is 12.1 Å². The van der Waals surface area contributed by atoms with Crippen LogP contribution in [0.4, 0.5) is 0 Å². The number of para-hydroxylation sites is 1. The highest BCUT2D eigenvalue weighted by atomic mass is 32.1. The molecule has 0 saturated carbocycles.